The molecule has 3 rings (SSSR count). The molecule has 8 nitrogen and oxygen atoms in total. The minimum atomic E-state index is -1.00. The first-order chi connectivity index (χ1) is 13.2. The minimum Gasteiger partial charge on any atom is -0.488 e. The van der Waals surface area contributed by atoms with Crippen LogP contribution >= 0.6 is 0 Å². The van der Waals surface area contributed by atoms with Crippen LogP contribution in [0.2, 0.25) is 0 Å². The van der Waals surface area contributed by atoms with E-state index in [-0.39, 0.29) is 5.82 Å². The number of nitrogens with one attached hydrogen (secondary N) is 1. The SMILES string of the molecule is Cc1ccc(-n2c(C)cc(C=Cc3nc(O)c([N+](=O)[O-])c(=O)[nH]3)c2C)cc1C. The van der Waals surface area contributed by atoms with E-state index in [0.29, 0.717) is 0 Å². The van der Waals surface area contributed by atoms with E-state index in [1.54, 1.807) is 6.08 Å². The summed E-state index contributed by atoms with van der Waals surface area (Å²) >= 11 is 0. The third kappa shape index (κ3) is 3.44. The van der Waals surface area contributed by atoms with Crippen LogP contribution in [0.5, 0.6) is 5.88 Å². The molecule has 2 aromatic heterocycles. The van der Waals surface area contributed by atoms with Crippen LogP contribution < -0.4 is 5.56 Å². The number of aryl methyl sites for hydroxylation is 3. The van der Waals surface area contributed by atoms with Crippen molar-refractivity contribution in [3.63, 3.8) is 0 Å². The lowest BCUT2D eigenvalue weighted by Gasteiger charge is -2.11. The van der Waals surface area contributed by atoms with Gasteiger partial charge in [0.05, 0.1) is 4.92 Å². The Morgan fingerprint density at radius 1 is 1.14 bits per heavy atom. The van der Waals surface area contributed by atoms with Gasteiger partial charge in [0.1, 0.15) is 5.82 Å². The van der Waals surface area contributed by atoms with Crippen LogP contribution in [0, 0.1) is 37.8 Å². The zero-order valence-electron chi connectivity index (χ0n) is 16.0. The standard InChI is InChI=1S/C20H20N4O4/c1-11-5-7-16(9-12(11)2)23-13(3)10-15(14(23)4)6-8-17-21-19(25)18(24(27)28)20(26)22-17/h5-10H,1-4H3,(H2,21,22,25,26). The first kappa shape index (κ1) is 19.1. The Bertz CT molecular complexity index is 1170. The molecule has 0 atom stereocenters. The van der Waals surface area contributed by atoms with Gasteiger partial charge in [0.15, 0.2) is 0 Å². The molecular formula is C20H20N4O4. The van der Waals surface area contributed by atoms with Crippen molar-refractivity contribution in [3.8, 4) is 11.6 Å². The molecule has 144 valence electrons. The second kappa shape index (κ2) is 7.15. The number of H-pyrrole nitrogens is 1. The van der Waals surface area contributed by atoms with Gasteiger partial charge in [-0.2, -0.15) is 4.98 Å². The average molecular weight is 380 g/mol. The second-order valence-electron chi connectivity index (χ2n) is 6.64. The number of nitro groups is 1. The molecule has 0 amide bonds. The minimum absolute atomic E-state index is 0.0316. The number of rotatable bonds is 4. The fourth-order valence-corrected chi connectivity index (χ4v) is 3.10. The Balaban J connectivity index is 1.99. The van der Waals surface area contributed by atoms with Crippen LogP contribution in [0.4, 0.5) is 5.69 Å². The molecule has 3 aromatic rings. The highest BCUT2D eigenvalue weighted by Gasteiger charge is 2.21. The fourth-order valence-electron chi connectivity index (χ4n) is 3.10. The summed E-state index contributed by atoms with van der Waals surface area (Å²) in [4.78, 5) is 27.5. The summed E-state index contributed by atoms with van der Waals surface area (Å²) < 4.78 is 2.12. The Kier molecular flexibility index (Phi) is 4.87. The van der Waals surface area contributed by atoms with Crippen molar-refractivity contribution in [2.45, 2.75) is 27.7 Å². The maximum Gasteiger partial charge on any atom is 0.395 e. The summed E-state index contributed by atoms with van der Waals surface area (Å²) in [5.41, 5.74) is 4.43. The molecule has 0 bridgehead atoms. The summed E-state index contributed by atoms with van der Waals surface area (Å²) in [6, 6.07) is 8.25. The lowest BCUT2D eigenvalue weighted by atomic mass is 10.1. The molecule has 0 aliphatic carbocycles. The molecule has 2 heterocycles. The van der Waals surface area contributed by atoms with Gasteiger partial charge >= 0.3 is 11.2 Å². The zero-order chi connectivity index (χ0) is 20.6. The normalized spacial score (nSPS) is 11.3. The highest BCUT2D eigenvalue weighted by Crippen LogP contribution is 2.24. The van der Waals surface area contributed by atoms with E-state index in [2.05, 4.69) is 46.6 Å². The summed E-state index contributed by atoms with van der Waals surface area (Å²) in [6.45, 7) is 8.11. The van der Waals surface area contributed by atoms with E-state index in [9.17, 15) is 20.0 Å². The van der Waals surface area contributed by atoms with Crippen molar-refractivity contribution in [3.05, 3.63) is 78.6 Å². The highest BCUT2D eigenvalue weighted by atomic mass is 16.6. The van der Waals surface area contributed by atoms with Crippen molar-refractivity contribution in [2.75, 3.05) is 0 Å². The van der Waals surface area contributed by atoms with Gasteiger partial charge in [-0.25, -0.2) is 0 Å². The fraction of sp³-hybridized carbons (Fsp3) is 0.200. The summed E-state index contributed by atoms with van der Waals surface area (Å²) in [6.07, 6.45) is 3.24. The maximum absolute atomic E-state index is 11.7. The van der Waals surface area contributed by atoms with E-state index in [0.717, 1.165) is 22.6 Å². The van der Waals surface area contributed by atoms with Crippen LogP contribution in [-0.2, 0) is 0 Å². The molecule has 28 heavy (non-hydrogen) atoms. The first-order valence-electron chi connectivity index (χ1n) is 8.61. The molecule has 0 fully saturated rings. The van der Waals surface area contributed by atoms with E-state index >= 15 is 0 Å². The molecule has 0 radical (unpaired) electrons. The zero-order valence-corrected chi connectivity index (χ0v) is 16.0. The van der Waals surface area contributed by atoms with E-state index < -0.39 is 22.0 Å². The molecular weight excluding hydrogens is 360 g/mol. The summed E-state index contributed by atoms with van der Waals surface area (Å²) in [7, 11) is 0. The lowest BCUT2D eigenvalue weighted by molar-refractivity contribution is -0.387. The molecule has 8 heteroatoms. The van der Waals surface area contributed by atoms with Crippen molar-refractivity contribution in [1.29, 1.82) is 0 Å². The molecule has 0 aliphatic rings. The number of aromatic hydroxyl groups is 1. The van der Waals surface area contributed by atoms with Gasteiger partial charge in [-0.05, 0) is 74.7 Å². The molecule has 0 saturated heterocycles. The molecule has 0 spiro atoms. The smallest absolute Gasteiger partial charge is 0.395 e. The Morgan fingerprint density at radius 3 is 2.46 bits per heavy atom. The molecule has 1 aromatic carbocycles. The molecule has 0 saturated carbocycles. The number of aromatic nitrogens is 3. The largest absolute Gasteiger partial charge is 0.488 e. The number of benzene rings is 1. The number of hydrogen-bond donors (Lipinski definition) is 2. The molecule has 0 unspecified atom stereocenters. The van der Waals surface area contributed by atoms with E-state index in [4.69, 9.17) is 0 Å². The highest BCUT2D eigenvalue weighted by molar-refractivity contribution is 5.69. The van der Waals surface area contributed by atoms with Gasteiger partial charge in [-0.1, -0.05) is 6.07 Å². The van der Waals surface area contributed by atoms with Gasteiger partial charge in [-0.15, -0.1) is 0 Å². The first-order valence-corrected chi connectivity index (χ1v) is 8.61. The number of aromatic amines is 1. The van der Waals surface area contributed by atoms with Crippen LogP contribution in [0.1, 0.15) is 33.9 Å². The topological polar surface area (TPSA) is 114 Å². The second-order valence-corrected chi connectivity index (χ2v) is 6.64. The predicted octanol–water partition coefficient (Wildman–Crippen LogP) is 3.58. The van der Waals surface area contributed by atoms with Gasteiger partial charge in [0.25, 0.3) is 5.88 Å². The third-order valence-electron chi connectivity index (χ3n) is 4.72. The number of nitrogens with zero attached hydrogens (tertiary/aromatic N) is 3. The molecule has 0 aliphatic heterocycles. The maximum atomic E-state index is 11.7. The quantitative estimate of drug-likeness (QED) is 0.530. The van der Waals surface area contributed by atoms with Crippen molar-refractivity contribution in [2.24, 2.45) is 0 Å². The monoisotopic (exact) mass is 380 g/mol. The summed E-state index contributed by atoms with van der Waals surface area (Å²) in [5.74, 6) is -0.877. The predicted molar refractivity (Wildman–Crippen MR) is 107 cm³/mol. The Hall–Kier alpha value is -3.68. The third-order valence-corrected chi connectivity index (χ3v) is 4.72. The lowest BCUT2D eigenvalue weighted by Crippen LogP contribution is -2.14. The number of hydrogen-bond acceptors (Lipinski definition) is 5. The summed E-state index contributed by atoms with van der Waals surface area (Å²) in [5, 5.41) is 20.4. The van der Waals surface area contributed by atoms with Crippen LogP contribution in [0.15, 0.2) is 29.1 Å². The van der Waals surface area contributed by atoms with Crippen LogP contribution in [0.25, 0.3) is 17.8 Å². The van der Waals surface area contributed by atoms with Crippen molar-refractivity contribution >= 4 is 17.8 Å². The van der Waals surface area contributed by atoms with Gasteiger partial charge < -0.3 is 14.7 Å². The molecule has 2 N–H and O–H groups in total. The van der Waals surface area contributed by atoms with Gasteiger partial charge in [0, 0.05) is 17.1 Å². The van der Waals surface area contributed by atoms with Crippen molar-refractivity contribution in [1.82, 2.24) is 14.5 Å². The van der Waals surface area contributed by atoms with E-state index in [1.165, 1.54) is 17.2 Å². The van der Waals surface area contributed by atoms with Crippen LogP contribution in [0.3, 0.4) is 0 Å². The Labute approximate surface area is 161 Å². The van der Waals surface area contributed by atoms with Gasteiger partial charge in [0.2, 0.25) is 0 Å². The van der Waals surface area contributed by atoms with E-state index in [1.807, 2.05) is 19.9 Å². The van der Waals surface area contributed by atoms with Crippen molar-refractivity contribution < 1.29 is 10.0 Å². The van der Waals surface area contributed by atoms with Crippen LogP contribution in [-0.4, -0.2) is 24.6 Å². The van der Waals surface area contributed by atoms with Gasteiger partial charge in [-0.3, -0.25) is 14.9 Å². The average Bonchev–Trinajstić information content (AvgIpc) is 2.88. The Morgan fingerprint density at radius 2 is 1.86 bits per heavy atom.